The van der Waals surface area contributed by atoms with Crippen LogP contribution in [0, 0.1) is 11.3 Å². The first-order chi connectivity index (χ1) is 5.27. The minimum Gasteiger partial charge on any atom is -0.429 e. The summed E-state index contributed by atoms with van der Waals surface area (Å²) in [4.78, 5) is 12.3. The van der Waals surface area contributed by atoms with Gasteiger partial charge in [0.05, 0.1) is 6.54 Å². The fourth-order valence-corrected chi connectivity index (χ4v) is 0.880. The van der Waals surface area contributed by atoms with Crippen molar-refractivity contribution < 1.29 is 9.53 Å². The summed E-state index contributed by atoms with van der Waals surface area (Å²) < 4.78 is 4.65. The fraction of sp³-hybridized carbons (Fsp3) is 0.429. The SMILES string of the molecule is C=CCN1CC(C#N)OC1=O. The van der Waals surface area contributed by atoms with Gasteiger partial charge in [-0.05, 0) is 0 Å². The highest BCUT2D eigenvalue weighted by Gasteiger charge is 2.29. The number of rotatable bonds is 2. The molecule has 1 fully saturated rings. The van der Waals surface area contributed by atoms with Gasteiger partial charge in [-0.3, -0.25) is 4.90 Å². The molecule has 0 aromatic heterocycles. The predicted molar refractivity (Wildman–Crippen MR) is 37.7 cm³/mol. The molecular weight excluding hydrogens is 144 g/mol. The Morgan fingerprint density at radius 3 is 3.18 bits per heavy atom. The fourth-order valence-electron chi connectivity index (χ4n) is 0.880. The molecule has 1 saturated heterocycles. The molecule has 1 unspecified atom stereocenters. The molecule has 0 aromatic carbocycles. The van der Waals surface area contributed by atoms with Gasteiger partial charge in [0.1, 0.15) is 6.07 Å². The largest absolute Gasteiger partial charge is 0.429 e. The summed E-state index contributed by atoms with van der Waals surface area (Å²) in [5, 5.41) is 8.39. The molecule has 58 valence electrons. The molecule has 1 amide bonds. The minimum atomic E-state index is -0.609. The maximum Gasteiger partial charge on any atom is 0.411 e. The van der Waals surface area contributed by atoms with Crippen molar-refractivity contribution in [1.82, 2.24) is 4.90 Å². The minimum absolute atomic E-state index is 0.349. The number of hydrogen-bond donors (Lipinski definition) is 0. The molecule has 1 rings (SSSR count). The smallest absolute Gasteiger partial charge is 0.411 e. The summed E-state index contributed by atoms with van der Waals surface area (Å²) in [6.45, 7) is 4.27. The molecule has 0 N–H and O–H groups in total. The molecular formula is C7H8N2O2. The molecule has 0 spiro atoms. The molecule has 1 aliphatic rings. The molecule has 0 saturated carbocycles. The normalized spacial score (nSPS) is 22.6. The first kappa shape index (κ1) is 7.61. The van der Waals surface area contributed by atoms with E-state index in [4.69, 9.17) is 5.26 Å². The molecule has 0 aromatic rings. The number of nitriles is 1. The van der Waals surface area contributed by atoms with Crippen LogP contribution in [-0.4, -0.2) is 30.2 Å². The Labute approximate surface area is 64.7 Å². The van der Waals surface area contributed by atoms with Gasteiger partial charge in [0.25, 0.3) is 0 Å². The van der Waals surface area contributed by atoms with Crippen LogP contribution in [0.5, 0.6) is 0 Å². The van der Waals surface area contributed by atoms with E-state index in [2.05, 4.69) is 11.3 Å². The van der Waals surface area contributed by atoms with E-state index in [1.165, 1.54) is 4.90 Å². The van der Waals surface area contributed by atoms with Crippen molar-refractivity contribution in [3.05, 3.63) is 12.7 Å². The standard InChI is InChI=1S/C7H8N2O2/c1-2-3-9-5-6(4-8)11-7(9)10/h2,6H,1,3,5H2. The monoisotopic (exact) mass is 152 g/mol. The van der Waals surface area contributed by atoms with E-state index in [0.717, 1.165) is 0 Å². The number of amides is 1. The van der Waals surface area contributed by atoms with Gasteiger partial charge in [-0.25, -0.2) is 4.79 Å². The van der Waals surface area contributed by atoms with Gasteiger partial charge >= 0.3 is 6.09 Å². The van der Waals surface area contributed by atoms with Crippen molar-refractivity contribution >= 4 is 6.09 Å². The molecule has 1 aliphatic heterocycles. The lowest BCUT2D eigenvalue weighted by Crippen LogP contribution is -2.24. The van der Waals surface area contributed by atoms with Crippen molar-refractivity contribution in [2.24, 2.45) is 0 Å². The second-order valence-corrected chi connectivity index (χ2v) is 2.20. The zero-order valence-electron chi connectivity index (χ0n) is 5.99. The van der Waals surface area contributed by atoms with Crippen LogP contribution < -0.4 is 0 Å². The highest BCUT2D eigenvalue weighted by Crippen LogP contribution is 2.09. The molecule has 0 radical (unpaired) electrons. The van der Waals surface area contributed by atoms with Crippen molar-refractivity contribution in [2.75, 3.05) is 13.1 Å². The summed E-state index contributed by atoms with van der Waals surface area (Å²) in [6, 6.07) is 1.86. The van der Waals surface area contributed by atoms with Gasteiger partial charge in [-0.15, -0.1) is 6.58 Å². The molecule has 4 heteroatoms. The van der Waals surface area contributed by atoms with Crippen LogP contribution in [0.15, 0.2) is 12.7 Å². The van der Waals surface area contributed by atoms with Crippen molar-refractivity contribution in [3.8, 4) is 6.07 Å². The van der Waals surface area contributed by atoms with Crippen LogP contribution in [0.4, 0.5) is 4.79 Å². The van der Waals surface area contributed by atoms with Crippen LogP contribution in [0.1, 0.15) is 0 Å². The summed E-state index contributed by atoms with van der Waals surface area (Å²) >= 11 is 0. The highest BCUT2D eigenvalue weighted by atomic mass is 16.6. The Kier molecular flexibility index (Phi) is 2.12. The third kappa shape index (κ3) is 1.49. The maximum absolute atomic E-state index is 10.8. The predicted octanol–water partition coefficient (Wildman–Crippen LogP) is 0.517. The van der Waals surface area contributed by atoms with Crippen molar-refractivity contribution in [2.45, 2.75) is 6.10 Å². The summed E-state index contributed by atoms with van der Waals surface area (Å²) in [5.74, 6) is 0. The molecule has 11 heavy (non-hydrogen) atoms. The molecule has 0 bridgehead atoms. The van der Waals surface area contributed by atoms with Crippen molar-refractivity contribution in [3.63, 3.8) is 0 Å². The van der Waals surface area contributed by atoms with Gasteiger partial charge in [0.15, 0.2) is 0 Å². The first-order valence-corrected chi connectivity index (χ1v) is 3.24. The number of cyclic esters (lactones) is 1. The highest BCUT2D eigenvalue weighted by molar-refractivity contribution is 5.70. The number of hydrogen-bond acceptors (Lipinski definition) is 3. The Morgan fingerprint density at radius 1 is 2.00 bits per heavy atom. The average molecular weight is 152 g/mol. The van der Waals surface area contributed by atoms with E-state index < -0.39 is 12.2 Å². The van der Waals surface area contributed by atoms with E-state index in [1.54, 1.807) is 6.08 Å². The lowest BCUT2D eigenvalue weighted by atomic mass is 10.4. The lowest BCUT2D eigenvalue weighted by Gasteiger charge is -2.06. The second kappa shape index (κ2) is 3.06. The molecule has 1 atom stereocenters. The van der Waals surface area contributed by atoms with Crippen LogP contribution >= 0.6 is 0 Å². The van der Waals surface area contributed by atoms with Gasteiger partial charge < -0.3 is 4.74 Å². The average Bonchev–Trinajstić information content (AvgIpc) is 2.33. The third-order valence-electron chi connectivity index (χ3n) is 1.38. The van der Waals surface area contributed by atoms with E-state index in [9.17, 15) is 4.79 Å². The molecule has 4 nitrogen and oxygen atoms in total. The van der Waals surface area contributed by atoms with Crippen LogP contribution in [0.25, 0.3) is 0 Å². The van der Waals surface area contributed by atoms with Crippen molar-refractivity contribution in [1.29, 1.82) is 5.26 Å². The van der Waals surface area contributed by atoms with Crippen LogP contribution in [0.2, 0.25) is 0 Å². The van der Waals surface area contributed by atoms with Gasteiger partial charge in [0.2, 0.25) is 6.10 Å². The summed E-state index contributed by atoms with van der Waals surface area (Å²) in [5.41, 5.74) is 0. The number of carbonyl (C=O) groups excluding carboxylic acids is 1. The maximum atomic E-state index is 10.8. The van der Waals surface area contributed by atoms with Crippen LogP contribution in [0.3, 0.4) is 0 Å². The molecule has 0 aliphatic carbocycles. The topological polar surface area (TPSA) is 53.3 Å². The Hall–Kier alpha value is -1.50. The Balaban J connectivity index is 2.53. The number of nitrogens with zero attached hydrogens (tertiary/aromatic N) is 2. The first-order valence-electron chi connectivity index (χ1n) is 3.24. The quantitative estimate of drug-likeness (QED) is 0.542. The van der Waals surface area contributed by atoms with Gasteiger partial charge in [-0.1, -0.05) is 6.08 Å². The Bertz CT molecular complexity index is 219. The van der Waals surface area contributed by atoms with Crippen LogP contribution in [-0.2, 0) is 4.74 Å². The summed E-state index contributed by atoms with van der Waals surface area (Å²) in [6.07, 6.45) is 0.556. The third-order valence-corrected chi connectivity index (χ3v) is 1.38. The number of carbonyl (C=O) groups is 1. The zero-order chi connectivity index (χ0) is 8.27. The second-order valence-electron chi connectivity index (χ2n) is 2.20. The van der Waals surface area contributed by atoms with Gasteiger partial charge in [0, 0.05) is 6.54 Å². The van der Waals surface area contributed by atoms with Gasteiger partial charge in [-0.2, -0.15) is 5.26 Å². The van der Waals surface area contributed by atoms with E-state index >= 15 is 0 Å². The summed E-state index contributed by atoms with van der Waals surface area (Å²) in [7, 11) is 0. The zero-order valence-corrected chi connectivity index (χ0v) is 5.99. The number of ether oxygens (including phenoxy) is 1. The van der Waals surface area contributed by atoms with E-state index in [-0.39, 0.29) is 0 Å². The molecule has 1 heterocycles. The Morgan fingerprint density at radius 2 is 2.73 bits per heavy atom. The van der Waals surface area contributed by atoms with E-state index in [1.807, 2.05) is 6.07 Å². The lowest BCUT2D eigenvalue weighted by molar-refractivity contribution is 0.148. The van der Waals surface area contributed by atoms with E-state index in [0.29, 0.717) is 13.1 Å².